The van der Waals surface area contributed by atoms with Gasteiger partial charge in [0, 0.05) is 37.5 Å². The standard InChI is InChI=1S/C18H24N5O3/c1-14(26-22-10-6-4-7-11-22)9-5-8-12-23-17(24)15-16(19-13-20(15)2)21(3)18(23)25/h4,6-7,10-11,13-14H,5,8-9,12H2,1-3H3/q+1. The van der Waals surface area contributed by atoms with E-state index in [1.807, 2.05) is 37.5 Å². The van der Waals surface area contributed by atoms with Gasteiger partial charge in [-0.3, -0.25) is 18.8 Å². The Morgan fingerprint density at radius 3 is 2.62 bits per heavy atom. The Morgan fingerprint density at radius 1 is 1.15 bits per heavy atom. The summed E-state index contributed by atoms with van der Waals surface area (Å²) in [5, 5.41) is 0. The number of aryl methyl sites for hydroxylation is 2. The normalized spacial score (nSPS) is 12.4. The van der Waals surface area contributed by atoms with E-state index in [4.69, 9.17) is 4.84 Å². The topological polar surface area (TPSA) is 74.9 Å². The molecule has 8 nitrogen and oxygen atoms in total. The molecule has 3 aromatic heterocycles. The summed E-state index contributed by atoms with van der Waals surface area (Å²) in [7, 11) is 3.40. The number of pyridine rings is 1. The van der Waals surface area contributed by atoms with Gasteiger partial charge in [-0.1, -0.05) is 6.07 Å². The third-order valence-corrected chi connectivity index (χ3v) is 4.43. The number of hydrogen-bond acceptors (Lipinski definition) is 4. The second-order valence-electron chi connectivity index (χ2n) is 6.47. The van der Waals surface area contributed by atoms with Gasteiger partial charge in [0.1, 0.15) is 0 Å². The lowest BCUT2D eigenvalue weighted by Crippen LogP contribution is -2.46. The molecule has 0 radical (unpaired) electrons. The lowest BCUT2D eigenvalue weighted by Gasteiger charge is -2.10. The van der Waals surface area contributed by atoms with Crippen molar-refractivity contribution in [3.05, 3.63) is 57.8 Å². The smallest absolute Gasteiger partial charge is 0.328 e. The quantitative estimate of drug-likeness (QED) is 0.453. The van der Waals surface area contributed by atoms with Gasteiger partial charge < -0.3 is 4.57 Å². The highest BCUT2D eigenvalue weighted by Gasteiger charge is 2.15. The lowest BCUT2D eigenvalue weighted by molar-refractivity contribution is -0.898. The first-order valence-electron chi connectivity index (χ1n) is 8.73. The highest BCUT2D eigenvalue weighted by Crippen LogP contribution is 2.05. The van der Waals surface area contributed by atoms with Crippen molar-refractivity contribution >= 4 is 11.2 Å². The average molecular weight is 358 g/mol. The van der Waals surface area contributed by atoms with Gasteiger partial charge in [-0.2, -0.15) is 0 Å². The van der Waals surface area contributed by atoms with Crippen LogP contribution in [0.5, 0.6) is 0 Å². The summed E-state index contributed by atoms with van der Waals surface area (Å²) in [6.07, 6.45) is 7.72. The Balaban J connectivity index is 1.63. The van der Waals surface area contributed by atoms with Gasteiger partial charge in [-0.05, 0) is 26.2 Å². The zero-order valence-corrected chi connectivity index (χ0v) is 15.3. The maximum absolute atomic E-state index is 12.6. The molecule has 0 spiro atoms. The molecule has 26 heavy (non-hydrogen) atoms. The second-order valence-corrected chi connectivity index (χ2v) is 6.47. The first-order chi connectivity index (χ1) is 12.5. The highest BCUT2D eigenvalue weighted by atomic mass is 16.7. The molecule has 0 saturated heterocycles. The summed E-state index contributed by atoms with van der Waals surface area (Å²) in [4.78, 5) is 34.9. The molecular formula is C18H24N5O3+. The van der Waals surface area contributed by atoms with Gasteiger partial charge in [0.2, 0.25) is 12.4 Å². The van der Waals surface area contributed by atoms with Crippen LogP contribution in [0, 0.1) is 0 Å². The van der Waals surface area contributed by atoms with Crippen LogP contribution in [0.3, 0.4) is 0 Å². The van der Waals surface area contributed by atoms with Gasteiger partial charge in [0.15, 0.2) is 17.3 Å². The van der Waals surface area contributed by atoms with Gasteiger partial charge in [-0.25, -0.2) is 9.78 Å². The first-order valence-corrected chi connectivity index (χ1v) is 8.73. The average Bonchev–Trinajstić information content (AvgIpc) is 3.02. The number of imidazole rings is 1. The number of aromatic nitrogens is 5. The summed E-state index contributed by atoms with van der Waals surface area (Å²) < 4.78 is 6.05. The molecular weight excluding hydrogens is 334 g/mol. The molecule has 0 aromatic carbocycles. The highest BCUT2D eigenvalue weighted by molar-refractivity contribution is 5.69. The van der Waals surface area contributed by atoms with Crippen molar-refractivity contribution in [2.45, 2.75) is 38.8 Å². The molecule has 0 saturated carbocycles. The molecule has 1 unspecified atom stereocenters. The Labute approximate surface area is 150 Å². The van der Waals surface area contributed by atoms with Crippen LogP contribution in [0.25, 0.3) is 11.2 Å². The van der Waals surface area contributed by atoms with E-state index in [1.165, 1.54) is 9.13 Å². The van der Waals surface area contributed by atoms with Crippen molar-refractivity contribution < 1.29 is 9.57 Å². The Morgan fingerprint density at radius 2 is 1.88 bits per heavy atom. The molecule has 0 aliphatic heterocycles. The molecule has 0 amide bonds. The van der Waals surface area contributed by atoms with Crippen molar-refractivity contribution in [1.29, 1.82) is 0 Å². The monoisotopic (exact) mass is 358 g/mol. The molecule has 8 heteroatoms. The van der Waals surface area contributed by atoms with Crippen LogP contribution < -0.4 is 20.8 Å². The summed E-state index contributed by atoms with van der Waals surface area (Å²) in [5.74, 6) is 0. The summed E-state index contributed by atoms with van der Waals surface area (Å²) >= 11 is 0. The molecule has 138 valence electrons. The molecule has 3 aromatic rings. The van der Waals surface area contributed by atoms with Crippen LogP contribution in [0.15, 0.2) is 46.5 Å². The lowest BCUT2D eigenvalue weighted by atomic mass is 10.2. The fourth-order valence-electron chi connectivity index (χ4n) is 3.01. The first kappa shape index (κ1) is 17.9. The van der Waals surface area contributed by atoms with E-state index in [0.717, 1.165) is 19.3 Å². The van der Waals surface area contributed by atoms with Crippen molar-refractivity contribution in [2.75, 3.05) is 0 Å². The van der Waals surface area contributed by atoms with Gasteiger partial charge >= 0.3 is 5.69 Å². The minimum Gasteiger partial charge on any atom is -0.328 e. The predicted molar refractivity (Wildman–Crippen MR) is 96.7 cm³/mol. The minimum absolute atomic E-state index is 0.0431. The van der Waals surface area contributed by atoms with Crippen LogP contribution in [0.2, 0.25) is 0 Å². The van der Waals surface area contributed by atoms with E-state index < -0.39 is 0 Å². The molecule has 0 aliphatic rings. The van der Waals surface area contributed by atoms with E-state index >= 15 is 0 Å². The third-order valence-electron chi connectivity index (χ3n) is 4.43. The molecule has 0 fully saturated rings. The third kappa shape index (κ3) is 3.54. The minimum atomic E-state index is -0.328. The van der Waals surface area contributed by atoms with Crippen molar-refractivity contribution in [3.63, 3.8) is 0 Å². The van der Waals surface area contributed by atoms with Crippen LogP contribution in [0.4, 0.5) is 0 Å². The van der Waals surface area contributed by atoms with Crippen LogP contribution in [-0.2, 0) is 20.6 Å². The van der Waals surface area contributed by atoms with Gasteiger partial charge in [0.25, 0.3) is 5.56 Å². The van der Waals surface area contributed by atoms with Gasteiger partial charge in [0.05, 0.1) is 6.33 Å². The molecule has 0 N–H and O–H groups in total. The van der Waals surface area contributed by atoms with Gasteiger partial charge in [-0.15, -0.1) is 0 Å². The molecule has 3 heterocycles. The van der Waals surface area contributed by atoms with E-state index in [0.29, 0.717) is 17.7 Å². The van der Waals surface area contributed by atoms with Crippen LogP contribution >= 0.6 is 0 Å². The molecule has 0 bridgehead atoms. The van der Waals surface area contributed by atoms with Crippen molar-refractivity contribution in [2.24, 2.45) is 14.1 Å². The Kier molecular flexibility index (Phi) is 5.20. The van der Waals surface area contributed by atoms with Crippen molar-refractivity contribution in [1.82, 2.24) is 18.7 Å². The number of hydrogen-bond donors (Lipinski definition) is 0. The number of unbranched alkanes of at least 4 members (excludes halogenated alkanes) is 1. The van der Waals surface area contributed by atoms with Crippen LogP contribution in [-0.4, -0.2) is 24.8 Å². The Bertz CT molecular complexity index is 1000. The maximum atomic E-state index is 12.6. The SMILES string of the molecule is CC(CCCCn1c(=O)c2c(ncn2C)n(C)c1=O)O[n+]1ccccc1. The largest absolute Gasteiger partial charge is 0.332 e. The van der Waals surface area contributed by atoms with E-state index in [1.54, 1.807) is 29.7 Å². The zero-order valence-electron chi connectivity index (χ0n) is 15.3. The number of fused-ring (bicyclic) bond motifs is 1. The summed E-state index contributed by atoms with van der Waals surface area (Å²) in [5.41, 5.74) is 0.252. The maximum Gasteiger partial charge on any atom is 0.332 e. The fourth-order valence-corrected chi connectivity index (χ4v) is 3.01. The molecule has 1 atom stereocenters. The molecule has 3 rings (SSSR count). The predicted octanol–water partition coefficient (Wildman–Crippen LogP) is 0.409. The number of rotatable bonds is 7. The van der Waals surface area contributed by atoms with Crippen LogP contribution in [0.1, 0.15) is 26.2 Å². The zero-order chi connectivity index (χ0) is 18.7. The van der Waals surface area contributed by atoms with E-state index in [9.17, 15) is 9.59 Å². The summed E-state index contributed by atoms with van der Waals surface area (Å²) in [6, 6.07) is 5.74. The molecule has 0 aliphatic carbocycles. The summed E-state index contributed by atoms with van der Waals surface area (Å²) in [6.45, 7) is 2.39. The fraction of sp³-hybridized carbons (Fsp3) is 0.444. The van der Waals surface area contributed by atoms with E-state index in [2.05, 4.69) is 4.98 Å². The Hall–Kier alpha value is -2.90. The number of nitrogens with zero attached hydrogens (tertiary/aromatic N) is 5. The van der Waals surface area contributed by atoms with E-state index in [-0.39, 0.29) is 17.4 Å². The van der Waals surface area contributed by atoms with Crippen molar-refractivity contribution in [3.8, 4) is 0 Å². The second kappa shape index (κ2) is 7.55.